The largest absolute Gasteiger partial charge is 0.375 e. The van der Waals surface area contributed by atoms with Gasteiger partial charge in [0.05, 0.1) is 5.60 Å². The highest BCUT2D eigenvalue weighted by atomic mass is 16.5. The summed E-state index contributed by atoms with van der Waals surface area (Å²) in [5, 5.41) is 3.03. The van der Waals surface area contributed by atoms with Crippen molar-refractivity contribution in [2.24, 2.45) is 0 Å². The van der Waals surface area contributed by atoms with E-state index in [-0.39, 0.29) is 11.6 Å². The molecule has 144 valence electrons. The number of carbonyl (C=O) groups excluding carboxylic acids is 1. The topological polar surface area (TPSA) is 44.8 Å². The molecule has 2 amide bonds. The molecule has 1 aromatic carbocycles. The zero-order chi connectivity index (χ0) is 18.6. The van der Waals surface area contributed by atoms with Gasteiger partial charge in [-0.1, -0.05) is 26.0 Å². The number of hydrogen-bond donors (Lipinski definition) is 1. The van der Waals surface area contributed by atoms with Crippen LogP contribution in [0.5, 0.6) is 0 Å². The van der Waals surface area contributed by atoms with E-state index in [1.165, 1.54) is 0 Å². The summed E-state index contributed by atoms with van der Waals surface area (Å²) in [5.41, 5.74) is 1.98. The Bertz CT molecular complexity index is 607. The van der Waals surface area contributed by atoms with Gasteiger partial charge in [-0.25, -0.2) is 4.79 Å². The third-order valence-electron chi connectivity index (χ3n) is 6.03. The molecule has 2 saturated heterocycles. The van der Waals surface area contributed by atoms with Crippen molar-refractivity contribution in [3.63, 3.8) is 0 Å². The summed E-state index contributed by atoms with van der Waals surface area (Å²) in [6, 6.07) is 8.57. The van der Waals surface area contributed by atoms with Crippen LogP contribution in [-0.2, 0) is 4.74 Å². The Balaban J connectivity index is 1.55. The predicted octanol–water partition coefficient (Wildman–Crippen LogP) is 3.88. The lowest BCUT2D eigenvalue weighted by atomic mass is 9.82. The average molecular weight is 360 g/mol. The van der Waals surface area contributed by atoms with Crippen LogP contribution in [0.4, 0.5) is 10.5 Å². The van der Waals surface area contributed by atoms with Crippen LogP contribution in [0, 0.1) is 6.92 Å². The van der Waals surface area contributed by atoms with E-state index < -0.39 is 0 Å². The molecule has 2 aliphatic heterocycles. The lowest BCUT2D eigenvalue weighted by Gasteiger charge is -2.48. The number of aryl methyl sites for hydroxylation is 1. The SMILES string of the molecule is CCN(CC)C1CCOC2(CCN(C(=O)Nc3cccc(C)c3)CC2)C1. The average Bonchev–Trinajstić information content (AvgIpc) is 2.63. The first-order chi connectivity index (χ1) is 12.5. The first kappa shape index (κ1) is 19.2. The molecule has 1 unspecified atom stereocenters. The van der Waals surface area contributed by atoms with Gasteiger partial charge >= 0.3 is 6.03 Å². The van der Waals surface area contributed by atoms with Crippen LogP contribution in [0.15, 0.2) is 24.3 Å². The van der Waals surface area contributed by atoms with Crippen LogP contribution >= 0.6 is 0 Å². The Morgan fingerprint density at radius 2 is 2.04 bits per heavy atom. The number of amides is 2. The van der Waals surface area contributed by atoms with E-state index in [4.69, 9.17) is 4.74 Å². The molecular weight excluding hydrogens is 326 g/mol. The van der Waals surface area contributed by atoms with Crippen molar-refractivity contribution in [1.29, 1.82) is 0 Å². The van der Waals surface area contributed by atoms with Crippen molar-refractivity contribution in [1.82, 2.24) is 9.80 Å². The number of urea groups is 1. The fourth-order valence-corrected chi connectivity index (χ4v) is 4.44. The highest BCUT2D eigenvalue weighted by Gasteiger charge is 2.42. The van der Waals surface area contributed by atoms with E-state index in [2.05, 4.69) is 24.1 Å². The quantitative estimate of drug-likeness (QED) is 0.887. The van der Waals surface area contributed by atoms with E-state index in [1.807, 2.05) is 36.1 Å². The number of anilines is 1. The first-order valence-corrected chi connectivity index (χ1v) is 10.1. The van der Waals surface area contributed by atoms with Crippen LogP contribution in [0.2, 0.25) is 0 Å². The molecule has 2 aliphatic rings. The standard InChI is InChI=1S/C21H33N3O2/c1-4-23(5-2)19-9-14-26-21(16-19)10-12-24(13-11-21)20(25)22-18-8-6-7-17(3)15-18/h6-8,15,19H,4-5,9-14,16H2,1-3H3,(H,22,25). The van der Waals surface area contributed by atoms with E-state index in [0.717, 1.165) is 69.7 Å². The number of nitrogens with zero attached hydrogens (tertiary/aromatic N) is 2. The van der Waals surface area contributed by atoms with Crippen LogP contribution < -0.4 is 5.32 Å². The molecule has 0 radical (unpaired) electrons. The minimum atomic E-state index is -0.0361. The molecule has 5 heteroatoms. The molecule has 0 saturated carbocycles. The smallest absolute Gasteiger partial charge is 0.321 e. The molecule has 1 atom stereocenters. The molecule has 3 rings (SSSR count). The van der Waals surface area contributed by atoms with Crippen molar-refractivity contribution < 1.29 is 9.53 Å². The Labute approximate surface area is 157 Å². The molecule has 0 bridgehead atoms. The third kappa shape index (κ3) is 4.38. The Hall–Kier alpha value is -1.59. The Kier molecular flexibility index (Phi) is 6.20. The fourth-order valence-electron chi connectivity index (χ4n) is 4.44. The normalized spacial score (nSPS) is 22.6. The number of likely N-dealkylation sites (tertiary alicyclic amines) is 1. The predicted molar refractivity (Wildman–Crippen MR) is 106 cm³/mol. The minimum absolute atomic E-state index is 0.00144. The molecular formula is C21H33N3O2. The molecule has 5 nitrogen and oxygen atoms in total. The zero-order valence-corrected chi connectivity index (χ0v) is 16.5. The van der Waals surface area contributed by atoms with Crippen molar-refractivity contribution in [2.45, 2.75) is 58.1 Å². The molecule has 1 aromatic rings. The highest BCUT2D eigenvalue weighted by Crippen LogP contribution is 2.36. The second-order valence-corrected chi connectivity index (χ2v) is 7.69. The number of ether oxygens (including phenoxy) is 1. The van der Waals surface area contributed by atoms with Gasteiger partial charge in [-0.3, -0.25) is 0 Å². The van der Waals surface area contributed by atoms with E-state index >= 15 is 0 Å². The molecule has 2 heterocycles. The number of nitrogens with one attached hydrogen (secondary N) is 1. The maximum Gasteiger partial charge on any atom is 0.321 e. The third-order valence-corrected chi connectivity index (χ3v) is 6.03. The van der Waals surface area contributed by atoms with Crippen LogP contribution in [0.25, 0.3) is 0 Å². The van der Waals surface area contributed by atoms with Gasteiger partial charge < -0.3 is 19.9 Å². The Morgan fingerprint density at radius 3 is 2.69 bits per heavy atom. The molecule has 0 aromatic heterocycles. The summed E-state index contributed by atoms with van der Waals surface area (Å²) in [4.78, 5) is 17.1. The second-order valence-electron chi connectivity index (χ2n) is 7.69. The zero-order valence-electron chi connectivity index (χ0n) is 16.5. The first-order valence-electron chi connectivity index (χ1n) is 10.1. The highest BCUT2D eigenvalue weighted by molar-refractivity contribution is 5.89. The van der Waals surface area contributed by atoms with Crippen molar-refractivity contribution >= 4 is 11.7 Å². The van der Waals surface area contributed by atoms with E-state index in [9.17, 15) is 4.79 Å². The van der Waals surface area contributed by atoms with E-state index in [0.29, 0.717) is 6.04 Å². The van der Waals surface area contributed by atoms with Crippen LogP contribution in [-0.4, -0.2) is 60.3 Å². The Morgan fingerprint density at radius 1 is 1.31 bits per heavy atom. The number of benzene rings is 1. The maximum atomic E-state index is 12.6. The van der Waals surface area contributed by atoms with Crippen LogP contribution in [0.1, 0.15) is 45.1 Å². The van der Waals surface area contributed by atoms with Crippen molar-refractivity contribution in [3.8, 4) is 0 Å². The summed E-state index contributed by atoms with van der Waals surface area (Å²) >= 11 is 0. The van der Waals surface area contributed by atoms with Gasteiger partial charge in [0.1, 0.15) is 0 Å². The lowest BCUT2D eigenvalue weighted by molar-refractivity contribution is -0.128. The molecule has 1 spiro atoms. The number of hydrogen-bond acceptors (Lipinski definition) is 3. The van der Waals surface area contributed by atoms with Crippen molar-refractivity contribution in [2.75, 3.05) is 38.1 Å². The van der Waals surface area contributed by atoms with Gasteiger partial charge in [0, 0.05) is 31.4 Å². The van der Waals surface area contributed by atoms with Gasteiger partial charge in [-0.15, -0.1) is 0 Å². The summed E-state index contributed by atoms with van der Waals surface area (Å²) < 4.78 is 6.25. The maximum absolute atomic E-state index is 12.6. The molecule has 0 aliphatic carbocycles. The van der Waals surface area contributed by atoms with Gasteiger partial charge in [-0.2, -0.15) is 0 Å². The van der Waals surface area contributed by atoms with Gasteiger partial charge in [-0.05, 0) is 63.4 Å². The molecule has 26 heavy (non-hydrogen) atoms. The fraction of sp³-hybridized carbons (Fsp3) is 0.667. The van der Waals surface area contributed by atoms with Crippen molar-refractivity contribution in [3.05, 3.63) is 29.8 Å². The lowest BCUT2D eigenvalue weighted by Crippen LogP contribution is -2.55. The number of rotatable bonds is 4. The van der Waals surface area contributed by atoms with Crippen LogP contribution in [0.3, 0.4) is 0 Å². The molecule has 1 N–H and O–H groups in total. The van der Waals surface area contributed by atoms with Gasteiger partial charge in [0.2, 0.25) is 0 Å². The second kappa shape index (κ2) is 8.40. The van der Waals surface area contributed by atoms with Gasteiger partial charge in [0.15, 0.2) is 0 Å². The molecule has 2 fully saturated rings. The minimum Gasteiger partial charge on any atom is -0.375 e. The van der Waals surface area contributed by atoms with Gasteiger partial charge in [0.25, 0.3) is 0 Å². The summed E-state index contributed by atoms with van der Waals surface area (Å²) in [7, 11) is 0. The number of piperidine rings is 1. The monoisotopic (exact) mass is 359 g/mol. The summed E-state index contributed by atoms with van der Waals surface area (Å²) in [5.74, 6) is 0. The number of carbonyl (C=O) groups is 1. The van der Waals surface area contributed by atoms with E-state index in [1.54, 1.807) is 0 Å². The summed E-state index contributed by atoms with van der Waals surface area (Å²) in [6.45, 7) is 11.1. The summed E-state index contributed by atoms with van der Waals surface area (Å²) in [6.07, 6.45) is 4.10.